The maximum Gasteiger partial charge on any atom is 0.256 e. The fraction of sp³-hybridized carbons (Fsp3) is 0.0870. The Hall–Kier alpha value is -4.60. The summed E-state index contributed by atoms with van der Waals surface area (Å²) in [6, 6.07) is 14.5. The lowest BCUT2D eigenvalue weighted by Crippen LogP contribution is -2.15. The SMILES string of the molecule is COc1ccc(C(=O)Nc2cc(C)nn2-c2ncnc3c2cnn3-c2ccc(F)cc2)cc1. The number of anilines is 1. The summed E-state index contributed by atoms with van der Waals surface area (Å²) in [6.07, 6.45) is 3.01. The normalized spacial score (nSPS) is 11.0. The molecular weight excluding hydrogens is 425 g/mol. The second-order valence-corrected chi connectivity index (χ2v) is 7.23. The summed E-state index contributed by atoms with van der Waals surface area (Å²) in [4.78, 5) is 21.5. The number of hydrogen-bond acceptors (Lipinski definition) is 6. The molecule has 2 aromatic carbocycles. The van der Waals surface area contributed by atoms with Crippen LogP contribution >= 0.6 is 0 Å². The number of carbonyl (C=O) groups is 1. The van der Waals surface area contributed by atoms with Crippen LogP contribution in [0.5, 0.6) is 5.75 Å². The third kappa shape index (κ3) is 3.78. The molecule has 0 aliphatic carbocycles. The zero-order chi connectivity index (χ0) is 22.9. The van der Waals surface area contributed by atoms with Crippen molar-refractivity contribution in [2.45, 2.75) is 6.92 Å². The molecule has 0 spiro atoms. The zero-order valence-corrected chi connectivity index (χ0v) is 17.7. The molecule has 0 bridgehead atoms. The summed E-state index contributed by atoms with van der Waals surface area (Å²) >= 11 is 0. The van der Waals surface area contributed by atoms with E-state index in [-0.39, 0.29) is 11.7 Å². The van der Waals surface area contributed by atoms with Gasteiger partial charge in [0.2, 0.25) is 0 Å². The quantitative estimate of drug-likeness (QED) is 0.445. The number of halogens is 1. The van der Waals surface area contributed by atoms with Crippen molar-refractivity contribution in [1.29, 1.82) is 0 Å². The molecule has 1 N–H and O–H groups in total. The van der Waals surface area contributed by atoms with Crippen LogP contribution in [-0.2, 0) is 0 Å². The Labute approximate surface area is 187 Å². The van der Waals surface area contributed by atoms with Gasteiger partial charge in [0.05, 0.1) is 30.1 Å². The Morgan fingerprint density at radius 2 is 1.79 bits per heavy atom. The number of aryl methyl sites for hydroxylation is 1. The van der Waals surface area contributed by atoms with Crippen molar-refractivity contribution in [3.63, 3.8) is 0 Å². The minimum Gasteiger partial charge on any atom is -0.497 e. The van der Waals surface area contributed by atoms with Gasteiger partial charge in [-0.25, -0.2) is 19.0 Å². The predicted molar refractivity (Wildman–Crippen MR) is 119 cm³/mol. The number of rotatable bonds is 5. The maximum absolute atomic E-state index is 13.3. The minimum absolute atomic E-state index is 0.300. The minimum atomic E-state index is -0.338. The highest BCUT2D eigenvalue weighted by Gasteiger charge is 2.18. The lowest BCUT2D eigenvalue weighted by atomic mass is 10.2. The van der Waals surface area contributed by atoms with Crippen LogP contribution < -0.4 is 10.1 Å². The van der Waals surface area contributed by atoms with Crippen LogP contribution in [0.25, 0.3) is 22.5 Å². The molecular formula is C23H18FN7O2. The smallest absolute Gasteiger partial charge is 0.256 e. The monoisotopic (exact) mass is 443 g/mol. The van der Waals surface area contributed by atoms with E-state index in [0.29, 0.717) is 45.4 Å². The van der Waals surface area contributed by atoms with Crippen LogP contribution in [-0.4, -0.2) is 42.5 Å². The van der Waals surface area contributed by atoms with Crippen molar-refractivity contribution >= 4 is 22.8 Å². The van der Waals surface area contributed by atoms with E-state index in [4.69, 9.17) is 4.74 Å². The zero-order valence-electron chi connectivity index (χ0n) is 17.7. The number of aromatic nitrogens is 6. The van der Waals surface area contributed by atoms with E-state index in [1.165, 1.54) is 23.1 Å². The molecule has 0 unspecified atom stereocenters. The molecule has 3 aromatic heterocycles. The second-order valence-electron chi connectivity index (χ2n) is 7.23. The van der Waals surface area contributed by atoms with E-state index in [0.717, 1.165) is 0 Å². The van der Waals surface area contributed by atoms with Crippen molar-refractivity contribution in [3.05, 3.63) is 84.2 Å². The molecule has 9 nitrogen and oxygen atoms in total. The number of benzene rings is 2. The maximum atomic E-state index is 13.3. The molecule has 0 aliphatic rings. The number of nitrogens with zero attached hydrogens (tertiary/aromatic N) is 6. The summed E-state index contributed by atoms with van der Waals surface area (Å²) in [5.41, 5.74) is 2.34. The molecule has 0 saturated carbocycles. The van der Waals surface area contributed by atoms with Gasteiger partial charge < -0.3 is 10.1 Å². The molecule has 0 atom stereocenters. The van der Waals surface area contributed by atoms with Crippen LogP contribution in [0.4, 0.5) is 10.2 Å². The van der Waals surface area contributed by atoms with E-state index in [9.17, 15) is 9.18 Å². The first-order valence-corrected chi connectivity index (χ1v) is 10.0. The lowest BCUT2D eigenvalue weighted by molar-refractivity contribution is 0.102. The third-order valence-electron chi connectivity index (χ3n) is 5.04. The van der Waals surface area contributed by atoms with Crippen molar-refractivity contribution < 1.29 is 13.9 Å². The average Bonchev–Trinajstić information content (AvgIpc) is 3.43. The van der Waals surface area contributed by atoms with Gasteiger partial charge in [0.25, 0.3) is 5.91 Å². The highest BCUT2D eigenvalue weighted by atomic mass is 19.1. The van der Waals surface area contributed by atoms with Gasteiger partial charge in [-0.05, 0) is 55.5 Å². The summed E-state index contributed by atoms with van der Waals surface area (Å²) in [6.45, 7) is 1.82. The van der Waals surface area contributed by atoms with E-state index >= 15 is 0 Å². The van der Waals surface area contributed by atoms with Gasteiger partial charge in [-0.1, -0.05) is 0 Å². The van der Waals surface area contributed by atoms with Crippen LogP contribution in [0.2, 0.25) is 0 Å². The van der Waals surface area contributed by atoms with Gasteiger partial charge in [0.15, 0.2) is 11.5 Å². The molecule has 5 rings (SSSR count). The molecule has 5 aromatic rings. The summed E-state index contributed by atoms with van der Waals surface area (Å²) in [5.74, 6) is 0.921. The molecule has 33 heavy (non-hydrogen) atoms. The first-order valence-electron chi connectivity index (χ1n) is 10.0. The predicted octanol–water partition coefficient (Wildman–Crippen LogP) is 3.71. The summed E-state index contributed by atoms with van der Waals surface area (Å²) < 4.78 is 21.6. The lowest BCUT2D eigenvalue weighted by Gasteiger charge is -2.09. The van der Waals surface area contributed by atoms with Gasteiger partial charge >= 0.3 is 0 Å². The van der Waals surface area contributed by atoms with Crippen LogP contribution in [0, 0.1) is 12.7 Å². The average molecular weight is 443 g/mol. The largest absolute Gasteiger partial charge is 0.497 e. The Bertz CT molecular complexity index is 1460. The third-order valence-corrected chi connectivity index (χ3v) is 5.04. The Balaban J connectivity index is 1.53. The van der Waals surface area contributed by atoms with Crippen molar-refractivity contribution in [2.75, 3.05) is 12.4 Å². The fourth-order valence-corrected chi connectivity index (χ4v) is 3.45. The topological polar surface area (TPSA) is 99.8 Å². The molecule has 0 radical (unpaired) electrons. The van der Waals surface area contributed by atoms with Gasteiger partial charge in [0, 0.05) is 11.6 Å². The van der Waals surface area contributed by atoms with Gasteiger partial charge in [-0.3, -0.25) is 4.79 Å². The van der Waals surface area contributed by atoms with Crippen LogP contribution in [0.1, 0.15) is 16.1 Å². The number of nitrogens with one attached hydrogen (secondary N) is 1. The van der Waals surface area contributed by atoms with E-state index in [1.807, 2.05) is 6.92 Å². The molecule has 0 saturated heterocycles. The van der Waals surface area contributed by atoms with Crippen molar-refractivity contribution in [1.82, 2.24) is 29.5 Å². The first-order chi connectivity index (χ1) is 16.0. The number of methoxy groups -OCH3 is 1. The Kier molecular flexibility index (Phi) is 5.02. The van der Waals surface area contributed by atoms with Gasteiger partial charge in [-0.15, -0.1) is 0 Å². The van der Waals surface area contributed by atoms with Crippen molar-refractivity contribution in [2.24, 2.45) is 0 Å². The Morgan fingerprint density at radius 1 is 1.03 bits per heavy atom. The van der Waals surface area contributed by atoms with Crippen LogP contribution in [0.3, 0.4) is 0 Å². The van der Waals surface area contributed by atoms with E-state index in [1.54, 1.807) is 60.5 Å². The van der Waals surface area contributed by atoms with Gasteiger partial charge in [0.1, 0.15) is 23.7 Å². The molecule has 10 heteroatoms. The standard InChI is InChI=1S/C23H18FN7O2/c1-14-11-20(28-23(32)15-3-9-18(33-2)10-4-15)31(29-14)22-19-12-27-30(21(19)25-13-26-22)17-7-5-16(24)6-8-17/h3-13H,1-2H3,(H,28,32). The van der Waals surface area contributed by atoms with E-state index in [2.05, 4.69) is 25.5 Å². The van der Waals surface area contributed by atoms with Gasteiger partial charge in [-0.2, -0.15) is 14.9 Å². The summed E-state index contributed by atoms with van der Waals surface area (Å²) in [5, 5.41) is 12.4. The second kappa shape index (κ2) is 8.15. The van der Waals surface area contributed by atoms with E-state index < -0.39 is 0 Å². The Morgan fingerprint density at radius 3 is 2.52 bits per heavy atom. The number of fused-ring (bicyclic) bond motifs is 1. The molecule has 3 heterocycles. The molecule has 0 fully saturated rings. The summed E-state index contributed by atoms with van der Waals surface area (Å²) in [7, 11) is 1.57. The molecule has 0 aliphatic heterocycles. The van der Waals surface area contributed by atoms with Crippen molar-refractivity contribution in [3.8, 4) is 17.3 Å². The number of amides is 1. The highest BCUT2D eigenvalue weighted by Crippen LogP contribution is 2.24. The fourth-order valence-electron chi connectivity index (χ4n) is 3.45. The number of ether oxygens (including phenoxy) is 1. The number of carbonyl (C=O) groups excluding carboxylic acids is 1. The molecule has 164 valence electrons. The molecule has 1 amide bonds. The highest BCUT2D eigenvalue weighted by molar-refractivity contribution is 6.04. The number of hydrogen-bond donors (Lipinski definition) is 1. The van der Waals surface area contributed by atoms with Crippen LogP contribution in [0.15, 0.2) is 67.1 Å². The first kappa shape index (κ1) is 20.3.